The van der Waals surface area contributed by atoms with Gasteiger partial charge in [-0.3, -0.25) is 4.79 Å². The number of aliphatic hydroxyl groups excluding tert-OH is 1. The van der Waals surface area contributed by atoms with Gasteiger partial charge in [-0.15, -0.1) is 0 Å². The summed E-state index contributed by atoms with van der Waals surface area (Å²) in [5.41, 5.74) is 7.08. The summed E-state index contributed by atoms with van der Waals surface area (Å²) in [5.74, 6) is -1.03. The van der Waals surface area contributed by atoms with E-state index in [-0.39, 0.29) is 11.6 Å². The van der Waals surface area contributed by atoms with E-state index < -0.39 is 17.8 Å². The van der Waals surface area contributed by atoms with Gasteiger partial charge in [-0.25, -0.2) is 4.39 Å². The fourth-order valence-electron chi connectivity index (χ4n) is 2.09. The summed E-state index contributed by atoms with van der Waals surface area (Å²) in [6, 6.07) is 10.8. The maximum Gasteiger partial charge on any atom is 0.248 e. The Hall–Kier alpha value is -1.95. The fraction of sp³-hybridized carbons (Fsp3) is 0.188. The number of primary amides is 1. The van der Waals surface area contributed by atoms with Gasteiger partial charge >= 0.3 is 0 Å². The molecule has 116 valence electrons. The van der Waals surface area contributed by atoms with Crippen LogP contribution in [0.3, 0.4) is 0 Å². The Morgan fingerprint density at radius 3 is 2.73 bits per heavy atom. The van der Waals surface area contributed by atoms with Crippen LogP contribution < -0.4 is 11.1 Å². The minimum absolute atomic E-state index is 0.0367. The Morgan fingerprint density at radius 1 is 1.32 bits per heavy atom. The van der Waals surface area contributed by atoms with Crippen LogP contribution in [0.4, 0.5) is 4.39 Å². The van der Waals surface area contributed by atoms with E-state index in [9.17, 15) is 14.3 Å². The highest BCUT2D eigenvalue weighted by molar-refractivity contribution is 6.30. The number of benzene rings is 2. The Morgan fingerprint density at radius 2 is 2.09 bits per heavy atom. The molecule has 0 radical (unpaired) electrons. The van der Waals surface area contributed by atoms with E-state index in [1.54, 1.807) is 24.3 Å². The van der Waals surface area contributed by atoms with Crippen LogP contribution in [0, 0.1) is 5.82 Å². The van der Waals surface area contributed by atoms with Crippen molar-refractivity contribution >= 4 is 17.5 Å². The summed E-state index contributed by atoms with van der Waals surface area (Å²) in [6.07, 6.45) is 0. The second kappa shape index (κ2) is 7.35. The molecule has 0 saturated heterocycles. The lowest BCUT2D eigenvalue weighted by molar-refractivity contribution is 0.1000. The molecule has 0 bridgehead atoms. The zero-order valence-electron chi connectivity index (χ0n) is 11.7. The monoisotopic (exact) mass is 322 g/mol. The number of carbonyl (C=O) groups is 1. The molecule has 2 aromatic carbocycles. The van der Waals surface area contributed by atoms with Gasteiger partial charge < -0.3 is 16.2 Å². The third-order valence-electron chi connectivity index (χ3n) is 3.29. The zero-order chi connectivity index (χ0) is 16.1. The highest BCUT2D eigenvalue weighted by Crippen LogP contribution is 2.20. The van der Waals surface area contributed by atoms with Gasteiger partial charge in [-0.05, 0) is 35.4 Å². The zero-order valence-corrected chi connectivity index (χ0v) is 12.5. The molecule has 6 heteroatoms. The summed E-state index contributed by atoms with van der Waals surface area (Å²) < 4.78 is 13.5. The van der Waals surface area contributed by atoms with Gasteiger partial charge in [0.25, 0.3) is 0 Å². The third kappa shape index (κ3) is 4.04. The molecule has 0 spiro atoms. The standard InChI is InChI=1S/C16H16ClFN2O2/c17-13-5-4-11(7-14(13)18)15(9-21)20-8-10-2-1-3-12(6-10)16(19)22/h1-7,15,20-21H,8-9H2,(H2,19,22). The van der Waals surface area contributed by atoms with Gasteiger partial charge in [0, 0.05) is 12.1 Å². The largest absolute Gasteiger partial charge is 0.394 e. The maximum absolute atomic E-state index is 13.5. The molecule has 1 unspecified atom stereocenters. The number of rotatable bonds is 6. The van der Waals surface area contributed by atoms with Crippen LogP contribution >= 0.6 is 11.6 Å². The van der Waals surface area contributed by atoms with Gasteiger partial charge in [0.2, 0.25) is 5.91 Å². The molecule has 0 fully saturated rings. The summed E-state index contributed by atoms with van der Waals surface area (Å²) in [5, 5.41) is 12.6. The highest BCUT2D eigenvalue weighted by atomic mass is 35.5. The van der Waals surface area contributed by atoms with E-state index in [1.807, 2.05) is 6.07 Å². The molecule has 0 heterocycles. The van der Waals surface area contributed by atoms with Crippen LogP contribution in [-0.4, -0.2) is 17.6 Å². The Balaban J connectivity index is 2.09. The highest BCUT2D eigenvalue weighted by Gasteiger charge is 2.12. The number of nitrogens with one attached hydrogen (secondary N) is 1. The van der Waals surface area contributed by atoms with Gasteiger partial charge in [0.05, 0.1) is 17.7 Å². The predicted molar refractivity (Wildman–Crippen MR) is 83.0 cm³/mol. The van der Waals surface area contributed by atoms with Crippen molar-refractivity contribution in [3.63, 3.8) is 0 Å². The average Bonchev–Trinajstić information content (AvgIpc) is 2.51. The van der Waals surface area contributed by atoms with Crippen LogP contribution in [0.1, 0.15) is 27.5 Å². The number of aliphatic hydroxyl groups is 1. The van der Waals surface area contributed by atoms with Crippen LogP contribution in [0.15, 0.2) is 42.5 Å². The van der Waals surface area contributed by atoms with E-state index >= 15 is 0 Å². The number of carbonyl (C=O) groups excluding carboxylic acids is 1. The summed E-state index contributed by atoms with van der Waals surface area (Å²) in [7, 11) is 0. The minimum Gasteiger partial charge on any atom is -0.394 e. The van der Waals surface area contributed by atoms with Crippen LogP contribution in [0.25, 0.3) is 0 Å². The summed E-state index contributed by atoms with van der Waals surface area (Å²) in [4.78, 5) is 11.1. The lowest BCUT2D eigenvalue weighted by Crippen LogP contribution is -2.24. The lowest BCUT2D eigenvalue weighted by Gasteiger charge is -2.17. The molecular formula is C16H16ClFN2O2. The number of amides is 1. The molecule has 0 aliphatic heterocycles. The molecule has 22 heavy (non-hydrogen) atoms. The average molecular weight is 323 g/mol. The van der Waals surface area contributed by atoms with Crippen molar-refractivity contribution in [3.05, 3.63) is 70.0 Å². The van der Waals surface area contributed by atoms with E-state index in [2.05, 4.69) is 5.32 Å². The molecule has 2 rings (SSSR count). The van der Waals surface area contributed by atoms with Crippen molar-refractivity contribution in [1.29, 1.82) is 0 Å². The number of halogens is 2. The SMILES string of the molecule is NC(=O)c1cccc(CNC(CO)c2ccc(Cl)c(F)c2)c1. The number of hydrogen-bond donors (Lipinski definition) is 3. The molecule has 0 saturated carbocycles. The predicted octanol–water partition coefficient (Wildman–Crippen LogP) is 2.40. The minimum atomic E-state index is -0.532. The first kappa shape index (κ1) is 16.4. The molecule has 0 aromatic heterocycles. The second-order valence-corrected chi connectivity index (χ2v) is 5.26. The van der Waals surface area contributed by atoms with Crippen LogP contribution in [-0.2, 0) is 6.54 Å². The third-order valence-corrected chi connectivity index (χ3v) is 3.60. The van der Waals surface area contributed by atoms with Crippen LogP contribution in [0.5, 0.6) is 0 Å². The van der Waals surface area contributed by atoms with Gasteiger partial charge in [0.1, 0.15) is 5.82 Å². The lowest BCUT2D eigenvalue weighted by atomic mass is 10.1. The van der Waals surface area contributed by atoms with Crippen molar-refractivity contribution < 1.29 is 14.3 Å². The first-order valence-electron chi connectivity index (χ1n) is 6.69. The summed E-state index contributed by atoms with van der Waals surface area (Å²) >= 11 is 5.65. The van der Waals surface area contributed by atoms with Crippen molar-refractivity contribution in [1.82, 2.24) is 5.32 Å². The Kier molecular flexibility index (Phi) is 5.49. The Bertz CT molecular complexity index is 679. The number of nitrogens with two attached hydrogens (primary N) is 1. The van der Waals surface area contributed by atoms with Gasteiger partial charge in [0.15, 0.2) is 0 Å². The number of hydrogen-bond acceptors (Lipinski definition) is 3. The van der Waals surface area contributed by atoms with E-state index in [0.29, 0.717) is 17.7 Å². The molecule has 4 N–H and O–H groups in total. The molecule has 4 nitrogen and oxygen atoms in total. The Labute approximate surface area is 132 Å². The molecule has 0 aliphatic rings. The van der Waals surface area contributed by atoms with Gasteiger partial charge in [-0.1, -0.05) is 29.8 Å². The van der Waals surface area contributed by atoms with E-state index in [1.165, 1.54) is 12.1 Å². The second-order valence-electron chi connectivity index (χ2n) is 4.85. The maximum atomic E-state index is 13.5. The van der Waals surface area contributed by atoms with Gasteiger partial charge in [-0.2, -0.15) is 0 Å². The first-order chi connectivity index (χ1) is 10.5. The normalized spacial score (nSPS) is 12.1. The molecule has 1 amide bonds. The fourth-order valence-corrected chi connectivity index (χ4v) is 2.21. The van der Waals surface area contributed by atoms with Crippen LogP contribution in [0.2, 0.25) is 5.02 Å². The quantitative estimate of drug-likeness (QED) is 0.764. The molecule has 0 aliphatic carbocycles. The molecule has 2 aromatic rings. The van der Waals surface area contributed by atoms with Crippen molar-refractivity contribution in [2.45, 2.75) is 12.6 Å². The molecular weight excluding hydrogens is 307 g/mol. The van der Waals surface area contributed by atoms with Crippen molar-refractivity contribution in [2.75, 3.05) is 6.61 Å². The van der Waals surface area contributed by atoms with E-state index in [4.69, 9.17) is 17.3 Å². The van der Waals surface area contributed by atoms with Crippen molar-refractivity contribution in [3.8, 4) is 0 Å². The molecule has 1 atom stereocenters. The smallest absolute Gasteiger partial charge is 0.248 e. The first-order valence-corrected chi connectivity index (χ1v) is 7.07. The van der Waals surface area contributed by atoms with Crippen molar-refractivity contribution in [2.24, 2.45) is 5.73 Å². The topological polar surface area (TPSA) is 75.4 Å². The summed E-state index contributed by atoms with van der Waals surface area (Å²) in [6.45, 7) is 0.202. The van der Waals surface area contributed by atoms with E-state index in [0.717, 1.165) is 5.56 Å².